The Labute approximate surface area is 139 Å². The summed E-state index contributed by atoms with van der Waals surface area (Å²) >= 11 is 0. The number of rotatable bonds is 4. The van der Waals surface area contributed by atoms with Crippen molar-refractivity contribution >= 4 is 26.3 Å². The van der Waals surface area contributed by atoms with E-state index in [9.17, 15) is 60.7 Å². The molecule has 156 valence electrons. The molecule has 1 heterocycles. The lowest BCUT2D eigenvalue weighted by molar-refractivity contribution is -0.442. The fourth-order valence-electron chi connectivity index (χ4n) is 1.03. The van der Waals surface area contributed by atoms with Crippen molar-refractivity contribution in [3.63, 3.8) is 0 Å². The van der Waals surface area contributed by atoms with Crippen LogP contribution in [0.25, 0.3) is 4.13 Å². The number of sulfonamides is 2. The third kappa shape index (κ3) is 5.18. The number of nitrogens with one attached hydrogen (secondary N) is 1. The monoisotopic (exact) mass is 450 g/mol. The topological polar surface area (TPSA) is 96.3 Å². The van der Waals surface area contributed by atoms with E-state index in [1.54, 1.807) is 0 Å². The van der Waals surface area contributed by atoms with Crippen LogP contribution in [0, 0.1) is 0 Å². The van der Waals surface area contributed by atoms with Crippen LogP contribution >= 0.6 is 0 Å². The quantitative estimate of drug-likeness (QED) is 0.653. The molecule has 0 amide bonds. The van der Waals surface area contributed by atoms with Crippen LogP contribution in [0.5, 0.6) is 0 Å². The maximum Gasteiger partial charge on any atom is 0.467 e. The lowest BCUT2D eigenvalue weighted by atomic mass is 10.4. The van der Waals surface area contributed by atoms with E-state index in [1.807, 2.05) is 0 Å². The van der Waals surface area contributed by atoms with Crippen molar-refractivity contribution in [2.24, 2.45) is 0 Å². The normalized spacial score (nSPS) is 17.0. The van der Waals surface area contributed by atoms with Crippen molar-refractivity contribution < 1.29 is 65.7 Å². The summed E-state index contributed by atoms with van der Waals surface area (Å²) in [6.45, 7) is 1.19. The van der Waals surface area contributed by atoms with Crippen molar-refractivity contribution in [3.05, 3.63) is 4.13 Å². The minimum Gasteiger partial charge on any atom is -0.425 e. The minimum absolute atomic E-state index is 0.422. The van der Waals surface area contributed by atoms with E-state index in [0.717, 1.165) is 0 Å². The van der Waals surface area contributed by atoms with Crippen LogP contribution in [0.4, 0.5) is 43.9 Å². The molecule has 0 radical (unpaired) electrons. The second-order valence-corrected chi connectivity index (χ2v) is 7.88. The summed E-state index contributed by atoms with van der Waals surface area (Å²) in [5.74, 6) is 0. The van der Waals surface area contributed by atoms with Crippen LogP contribution < -0.4 is 4.99 Å². The Balaban J connectivity index is 0.00000106. The van der Waals surface area contributed by atoms with Crippen molar-refractivity contribution in [1.29, 1.82) is 0 Å². The van der Waals surface area contributed by atoms with Crippen LogP contribution in [0.15, 0.2) is 0 Å². The predicted octanol–water partition coefficient (Wildman–Crippen LogP) is 1.26. The van der Waals surface area contributed by atoms with Gasteiger partial charge in [0.25, 0.3) is 0 Å². The number of halogens is 10. The van der Waals surface area contributed by atoms with Gasteiger partial charge in [-0.1, -0.05) is 0 Å². The molecule has 0 unspecified atom stereocenters. The Bertz CT molecular complexity index is 663. The molecule has 0 spiro atoms. The van der Waals surface area contributed by atoms with Crippen LogP contribution in [0.2, 0.25) is 0 Å². The molecule has 6 nitrogen and oxygen atoms in total. The minimum atomic E-state index is -7.62. The molecule has 1 aliphatic rings. The first kappa shape index (κ1) is 24.8. The lowest BCUT2D eigenvalue weighted by Crippen LogP contribution is -2.65. The highest BCUT2D eigenvalue weighted by molar-refractivity contribution is 8.13. The summed E-state index contributed by atoms with van der Waals surface area (Å²) in [6, 6.07) is 0. The number of alkyl halides is 10. The first-order valence-electron chi connectivity index (χ1n) is 5.88. The van der Waals surface area contributed by atoms with E-state index < -0.39 is 42.9 Å². The summed E-state index contributed by atoms with van der Waals surface area (Å²) in [5.41, 5.74) is 0. The largest absolute Gasteiger partial charge is 0.467 e. The molecule has 26 heavy (non-hydrogen) atoms. The predicted molar refractivity (Wildman–Crippen MR) is 64.3 cm³/mol. The number of hydrogen-bond donors (Lipinski definition) is 1. The Kier molecular flexibility index (Phi) is 7.12. The summed E-state index contributed by atoms with van der Waals surface area (Å²) in [4.78, 5) is 3.10. The fraction of sp³-hybridized carbons (Fsp3) is 0.875. The summed E-state index contributed by atoms with van der Waals surface area (Å²) in [7, 11) is -15.2. The Morgan fingerprint density at radius 2 is 1.08 bits per heavy atom. The molecular formula is C8H8F10N2O4S2. The first-order chi connectivity index (χ1) is 11.2. The van der Waals surface area contributed by atoms with Gasteiger partial charge in [-0.25, -0.2) is 16.8 Å². The van der Waals surface area contributed by atoms with Gasteiger partial charge in [0.05, 0.1) is 0 Å². The second-order valence-electron chi connectivity index (χ2n) is 4.35. The molecule has 0 saturated carbocycles. The average molecular weight is 450 g/mol. The van der Waals surface area contributed by atoms with Gasteiger partial charge in [0.2, 0.25) is 0 Å². The molecule has 0 atom stereocenters. The van der Waals surface area contributed by atoms with Gasteiger partial charge in [0.15, 0.2) is 20.0 Å². The van der Waals surface area contributed by atoms with E-state index in [-0.39, 0.29) is 0 Å². The second kappa shape index (κ2) is 7.45. The lowest BCUT2D eigenvalue weighted by Gasteiger charge is -2.31. The molecule has 0 saturated heterocycles. The van der Waals surface area contributed by atoms with Crippen molar-refractivity contribution in [2.45, 2.75) is 35.7 Å². The maximum atomic E-state index is 12.3. The van der Waals surface area contributed by atoms with Gasteiger partial charge >= 0.3 is 22.9 Å². The molecule has 1 aliphatic heterocycles. The fourth-order valence-corrected chi connectivity index (χ4v) is 3.39. The van der Waals surface area contributed by atoms with Gasteiger partial charge in [-0.05, 0) is 0 Å². The SMILES string of the molecule is C1=[NH+]CCC1.O=S(=O)([N-]S(=O)(=O)C(F)(F)C(F)(F)F)C(F)(F)C(F)(F)F. The Hall–Kier alpha value is -1.17. The zero-order valence-corrected chi connectivity index (χ0v) is 13.5. The first-order valence-corrected chi connectivity index (χ1v) is 8.76. The highest BCUT2D eigenvalue weighted by Gasteiger charge is 2.68. The van der Waals surface area contributed by atoms with Crippen LogP contribution in [-0.2, 0) is 20.0 Å². The third-order valence-corrected chi connectivity index (χ3v) is 5.65. The zero-order valence-electron chi connectivity index (χ0n) is 11.9. The van der Waals surface area contributed by atoms with Crippen LogP contribution in [0.3, 0.4) is 0 Å². The van der Waals surface area contributed by atoms with Gasteiger partial charge in [-0.15, -0.1) is 0 Å². The summed E-state index contributed by atoms with van der Waals surface area (Å²) in [5, 5.41) is -14.0. The standard InChI is InChI=1S/C4F10NO4S2.C4H7N/c5-1(6,7)3(11,12)20(16,17)15-21(18,19)4(13,14)2(8,9)10;1-2-4-5-3-1/h;3H,1-2,4H2/q-1;/p+1. The molecule has 0 aromatic heterocycles. The highest BCUT2D eigenvalue weighted by Crippen LogP contribution is 2.47. The van der Waals surface area contributed by atoms with Gasteiger partial charge in [-0.3, -0.25) is 4.99 Å². The van der Waals surface area contributed by atoms with Crippen LogP contribution in [0.1, 0.15) is 12.8 Å². The molecule has 0 aromatic carbocycles. The van der Waals surface area contributed by atoms with Gasteiger partial charge in [0.1, 0.15) is 12.8 Å². The molecule has 1 rings (SSSR count). The van der Waals surface area contributed by atoms with Gasteiger partial charge in [0, 0.05) is 12.8 Å². The Morgan fingerprint density at radius 1 is 0.731 bits per heavy atom. The molecule has 0 aliphatic carbocycles. The average Bonchev–Trinajstić information content (AvgIpc) is 2.92. The molecule has 0 bridgehead atoms. The van der Waals surface area contributed by atoms with Crippen molar-refractivity contribution in [3.8, 4) is 0 Å². The van der Waals surface area contributed by atoms with Crippen molar-refractivity contribution in [2.75, 3.05) is 6.54 Å². The maximum absolute atomic E-state index is 12.3. The smallest absolute Gasteiger partial charge is 0.425 e. The number of hydrogen-bond acceptors (Lipinski definition) is 4. The number of nitrogens with zero attached hydrogens (tertiary/aromatic N) is 1. The third-order valence-electron chi connectivity index (χ3n) is 2.32. The Morgan fingerprint density at radius 3 is 1.23 bits per heavy atom. The van der Waals surface area contributed by atoms with Crippen LogP contribution in [-0.4, -0.2) is 52.5 Å². The van der Waals surface area contributed by atoms with Gasteiger partial charge in [-0.2, -0.15) is 43.9 Å². The highest BCUT2D eigenvalue weighted by atomic mass is 32.3. The van der Waals surface area contributed by atoms with E-state index in [1.165, 1.54) is 19.4 Å². The molecule has 1 N–H and O–H groups in total. The van der Waals surface area contributed by atoms with E-state index >= 15 is 0 Å². The zero-order chi connectivity index (χ0) is 21.2. The van der Waals surface area contributed by atoms with Crippen molar-refractivity contribution in [1.82, 2.24) is 0 Å². The van der Waals surface area contributed by atoms with E-state index in [0.29, 0.717) is 4.13 Å². The molecule has 0 fully saturated rings. The van der Waals surface area contributed by atoms with Gasteiger partial charge < -0.3 is 4.13 Å². The molecule has 0 aromatic rings. The van der Waals surface area contributed by atoms with E-state index in [2.05, 4.69) is 11.2 Å². The summed E-state index contributed by atoms with van der Waals surface area (Å²) in [6.07, 6.45) is -9.29. The summed E-state index contributed by atoms with van der Waals surface area (Å²) < 4.78 is 161. The molecule has 18 heteroatoms. The van der Waals surface area contributed by atoms with E-state index in [4.69, 9.17) is 0 Å². The molecular weight excluding hydrogens is 442 g/mol.